The van der Waals surface area contributed by atoms with Crippen molar-refractivity contribution in [2.75, 3.05) is 6.61 Å². The maximum Gasteiger partial charge on any atom is 0.392 e. The number of hydrogen-bond donors (Lipinski definition) is 1. The Morgan fingerprint density at radius 1 is 1.38 bits per heavy atom. The summed E-state index contributed by atoms with van der Waals surface area (Å²) < 4.78 is 40.0. The molecular formula is C10H7F3O3. The molecule has 0 saturated carbocycles. The molecule has 1 rings (SSSR count). The average molecular weight is 232 g/mol. The lowest BCUT2D eigenvalue weighted by atomic mass is 10.2. The number of hydrogen-bond acceptors (Lipinski definition) is 2. The smallest absolute Gasteiger partial charge is 0.392 e. The zero-order chi connectivity index (χ0) is 12.2. The number of carboxylic acids is 1. The van der Waals surface area contributed by atoms with Crippen molar-refractivity contribution in [3.05, 3.63) is 34.9 Å². The Morgan fingerprint density at radius 2 is 2.06 bits per heavy atom. The lowest BCUT2D eigenvalue weighted by Gasteiger charge is -2.08. The monoisotopic (exact) mass is 232 g/mol. The van der Waals surface area contributed by atoms with Crippen molar-refractivity contribution in [2.24, 2.45) is 0 Å². The van der Waals surface area contributed by atoms with Crippen LogP contribution in [0.1, 0.15) is 6.42 Å². The van der Waals surface area contributed by atoms with Crippen molar-refractivity contribution in [1.29, 1.82) is 0 Å². The van der Waals surface area contributed by atoms with E-state index in [2.05, 4.69) is 11.5 Å². The van der Waals surface area contributed by atoms with Gasteiger partial charge in [-0.25, -0.2) is 4.79 Å². The third-order valence-corrected chi connectivity index (χ3v) is 1.60. The largest absolute Gasteiger partial charge is 0.485 e. The standard InChI is InChI=1S/C10H7F3O3/c11-10(12,13)5-6-16-8-3-1-7(2-4-8)9(14)15/h1,3H,5-6H2,(H,14,15). The van der Waals surface area contributed by atoms with E-state index >= 15 is 0 Å². The summed E-state index contributed by atoms with van der Waals surface area (Å²) in [7, 11) is 0. The van der Waals surface area contributed by atoms with Gasteiger partial charge in [0.05, 0.1) is 13.0 Å². The molecule has 0 spiro atoms. The highest BCUT2D eigenvalue weighted by atomic mass is 19.4. The van der Waals surface area contributed by atoms with Crippen LogP contribution in [0.2, 0.25) is 0 Å². The molecule has 0 aromatic rings. The van der Waals surface area contributed by atoms with E-state index in [1.165, 1.54) is 12.2 Å². The number of ether oxygens (including phenoxy) is 1. The lowest BCUT2D eigenvalue weighted by Crippen LogP contribution is -2.11. The van der Waals surface area contributed by atoms with Gasteiger partial charge < -0.3 is 9.84 Å². The van der Waals surface area contributed by atoms with Gasteiger partial charge in [0.25, 0.3) is 0 Å². The fourth-order valence-corrected chi connectivity index (χ4v) is 0.857. The Bertz CT molecular complexity index is 419. The fraction of sp³-hybridized carbons (Fsp3) is 0.300. The number of carbonyl (C=O) groups is 1. The molecule has 0 amide bonds. The van der Waals surface area contributed by atoms with Gasteiger partial charge in [-0.2, -0.15) is 13.2 Å². The van der Waals surface area contributed by atoms with Crippen LogP contribution in [0.5, 0.6) is 0 Å². The SMILES string of the molecule is O=C(O)C1=C=C=C(OCCC(F)(F)F)C=C1. The van der Waals surface area contributed by atoms with Gasteiger partial charge in [0.1, 0.15) is 5.57 Å². The van der Waals surface area contributed by atoms with Gasteiger partial charge in [-0.05, 0) is 17.9 Å². The van der Waals surface area contributed by atoms with Crippen molar-refractivity contribution in [3.63, 3.8) is 0 Å². The van der Waals surface area contributed by atoms with Gasteiger partial charge >= 0.3 is 12.1 Å². The second-order valence-corrected chi connectivity index (χ2v) is 2.88. The molecule has 86 valence electrons. The third kappa shape index (κ3) is 4.09. The number of rotatable bonds is 4. The van der Waals surface area contributed by atoms with E-state index in [0.29, 0.717) is 0 Å². The molecule has 0 saturated heterocycles. The molecule has 0 bridgehead atoms. The molecule has 0 fully saturated rings. The number of aliphatic carboxylic acids is 1. The Kier molecular flexibility index (Phi) is 3.61. The van der Waals surface area contributed by atoms with E-state index in [1.54, 1.807) is 0 Å². The van der Waals surface area contributed by atoms with Gasteiger partial charge in [0.2, 0.25) is 0 Å². The summed E-state index contributed by atoms with van der Waals surface area (Å²) in [4.78, 5) is 10.4. The molecule has 16 heavy (non-hydrogen) atoms. The summed E-state index contributed by atoms with van der Waals surface area (Å²) in [6.45, 7) is -0.528. The molecule has 1 N–H and O–H groups in total. The predicted molar refractivity (Wildman–Crippen MR) is 47.5 cm³/mol. The van der Waals surface area contributed by atoms with Gasteiger partial charge in [0.15, 0.2) is 5.76 Å². The maximum absolute atomic E-state index is 11.8. The zero-order valence-electron chi connectivity index (χ0n) is 7.97. The summed E-state index contributed by atoms with van der Waals surface area (Å²) in [6, 6.07) is 0. The van der Waals surface area contributed by atoms with Crippen LogP contribution in [-0.4, -0.2) is 23.9 Å². The predicted octanol–water partition coefficient (Wildman–Crippen LogP) is 2.17. The van der Waals surface area contributed by atoms with E-state index in [1.807, 2.05) is 0 Å². The molecule has 1 aliphatic rings. The van der Waals surface area contributed by atoms with Crippen LogP contribution in [0, 0.1) is 0 Å². The van der Waals surface area contributed by atoms with Gasteiger partial charge in [-0.15, -0.1) is 0 Å². The first-order valence-corrected chi connectivity index (χ1v) is 4.25. The number of carboxylic acid groups (broad SMARTS) is 1. The van der Waals surface area contributed by atoms with Crippen molar-refractivity contribution in [2.45, 2.75) is 12.6 Å². The zero-order valence-corrected chi connectivity index (χ0v) is 7.97. The van der Waals surface area contributed by atoms with Crippen LogP contribution in [-0.2, 0) is 9.53 Å². The summed E-state index contributed by atoms with van der Waals surface area (Å²) in [6.07, 6.45) is -2.93. The van der Waals surface area contributed by atoms with Crippen molar-refractivity contribution in [3.8, 4) is 0 Å². The minimum Gasteiger partial charge on any atom is -0.485 e. The number of alkyl halides is 3. The van der Waals surface area contributed by atoms with Gasteiger partial charge in [0, 0.05) is 0 Å². The first-order valence-electron chi connectivity index (χ1n) is 4.25. The van der Waals surface area contributed by atoms with Crippen LogP contribution in [0.15, 0.2) is 34.9 Å². The first kappa shape index (κ1) is 12.2. The molecular weight excluding hydrogens is 225 g/mol. The summed E-state index contributed by atoms with van der Waals surface area (Å²) in [5.41, 5.74) is 4.44. The van der Waals surface area contributed by atoms with Crippen LogP contribution in [0.4, 0.5) is 13.2 Å². The molecule has 0 radical (unpaired) electrons. The molecule has 0 aliphatic heterocycles. The van der Waals surface area contributed by atoms with E-state index in [0.717, 1.165) is 0 Å². The highest BCUT2D eigenvalue weighted by Gasteiger charge is 2.26. The molecule has 6 heteroatoms. The topological polar surface area (TPSA) is 46.5 Å². The first-order chi connectivity index (χ1) is 7.38. The Morgan fingerprint density at radius 3 is 2.50 bits per heavy atom. The van der Waals surface area contributed by atoms with Crippen molar-refractivity contribution in [1.82, 2.24) is 0 Å². The average Bonchev–Trinajstić information content (AvgIpc) is 2.16. The van der Waals surface area contributed by atoms with E-state index < -0.39 is 25.2 Å². The molecule has 0 aromatic heterocycles. The Labute approximate surface area is 88.8 Å². The number of halogens is 3. The minimum atomic E-state index is -4.27. The third-order valence-electron chi connectivity index (χ3n) is 1.60. The normalized spacial score (nSPS) is 14.4. The summed E-state index contributed by atoms with van der Waals surface area (Å²) in [5.74, 6) is -1.15. The molecule has 1 aliphatic carbocycles. The summed E-state index contributed by atoms with van der Waals surface area (Å²) >= 11 is 0. The second kappa shape index (κ2) is 4.75. The summed E-state index contributed by atoms with van der Waals surface area (Å²) in [5, 5.41) is 8.52. The maximum atomic E-state index is 11.8. The fourth-order valence-electron chi connectivity index (χ4n) is 0.857. The Balaban J connectivity index is 2.56. The van der Waals surface area contributed by atoms with Crippen LogP contribution in [0.3, 0.4) is 0 Å². The van der Waals surface area contributed by atoms with Gasteiger partial charge in [-0.3, -0.25) is 0 Å². The highest BCUT2D eigenvalue weighted by Crippen LogP contribution is 2.20. The molecule has 0 unspecified atom stereocenters. The molecule has 0 atom stereocenters. The Hall–Kier alpha value is -1.90. The lowest BCUT2D eigenvalue weighted by molar-refractivity contribution is -0.142. The van der Waals surface area contributed by atoms with E-state index in [9.17, 15) is 18.0 Å². The van der Waals surface area contributed by atoms with Crippen LogP contribution >= 0.6 is 0 Å². The highest BCUT2D eigenvalue weighted by molar-refractivity contribution is 5.89. The van der Waals surface area contributed by atoms with Crippen LogP contribution < -0.4 is 0 Å². The molecule has 0 aromatic carbocycles. The molecule has 0 heterocycles. The van der Waals surface area contributed by atoms with Gasteiger partial charge in [-0.1, -0.05) is 5.73 Å². The minimum absolute atomic E-state index is 0.0363. The van der Waals surface area contributed by atoms with Crippen LogP contribution in [0.25, 0.3) is 0 Å². The van der Waals surface area contributed by atoms with Crippen molar-refractivity contribution < 1.29 is 27.8 Å². The van der Waals surface area contributed by atoms with E-state index in [-0.39, 0.29) is 11.3 Å². The molecule has 3 nitrogen and oxygen atoms in total. The quantitative estimate of drug-likeness (QED) is 0.755. The number of allylic oxidation sites excluding steroid dienone is 1. The second-order valence-electron chi connectivity index (χ2n) is 2.88. The van der Waals surface area contributed by atoms with E-state index in [4.69, 9.17) is 9.84 Å². The van der Waals surface area contributed by atoms with Crippen molar-refractivity contribution >= 4 is 5.97 Å².